The molecule has 28 heavy (non-hydrogen) atoms. The number of nitrogens with zero attached hydrogens (tertiary/aromatic N) is 1. The van der Waals surface area contributed by atoms with Crippen LogP contribution in [-0.4, -0.2) is 54.4 Å². The molecule has 2 fully saturated rings. The van der Waals surface area contributed by atoms with E-state index in [0.717, 1.165) is 12.8 Å². The molecule has 1 spiro atoms. The van der Waals surface area contributed by atoms with Crippen LogP contribution in [0, 0.1) is 0 Å². The summed E-state index contributed by atoms with van der Waals surface area (Å²) in [5.41, 5.74) is -0.391. The number of esters is 1. The summed E-state index contributed by atoms with van der Waals surface area (Å²) in [5.74, 6) is -0.688. The largest absolute Gasteiger partial charge is 0.496 e. The number of hydrogen-bond donors (Lipinski definition) is 1. The maximum atomic E-state index is 12.5. The van der Waals surface area contributed by atoms with Crippen molar-refractivity contribution in [2.24, 2.45) is 0 Å². The number of ether oxygens (including phenoxy) is 2. The van der Waals surface area contributed by atoms with Crippen molar-refractivity contribution in [2.75, 3.05) is 20.3 Å². The van der Waals surface area contributed by atoms with Crippen LogP contribution in [0.15, 0.2) is 24.3 Å². The molecule has 1 heterocycles. The summed E-state index contributed by atoms with van der Waals surface area (Å²) in [6.07, 6.45) is 3.49. The summed E-state index contributed by atoms with van der Waals surface area (Å²) in [6, 6.07) is 6.31. The minimum Gasteiger partial charge on any atom is -0.496 e. The lowest BCUT2D eigenvalue weighted by Gasteiger charge is -2.19. The quantitative estimate of drug-likeness (QED) is 0.416. The third kappa shape index (κ3) is 4.00. The van der Waals surface area contributed by atoms with E-state index in [1.165, 1.54) is 12.0 Å². The van der Waals surface area contributed by atoms with Crippen molar-refractivity contribution in [3.8, 4) is 5.75 Å². The fourth-order valence-electron chi connectivity index (χ4n) is 3.75. The van der Waals surface area contributed by atoms with Gasteiger partial charge in [-0.15, -0.1) is 0 Å². The van der Waals surface area contributed by atoms with Gasteiger partial charge in [0.2, 0.25) is 5.78 Å². The van der Waals surface area contributed by atoms with Gasteiger partial charge in [-0.25, -0.2) is 4.79 Å². The van der Waals surface area contributed by atoms with Crippen LogP contribution in [0.1, 0.15) is 48.9 Å². The van der Waals surface area contributed by atoms with Gasteiger partial charge in [-0.2, -0.15) is 0 Å². The second kappa shape index (κ2) is 8.41. The van der Waals surface area contributed by atoms with E-state index in [9.17, 15) is 19.2 Å². The molecule has 1 aromatic carbocycles. The predicted octanol–water partition coefficient (Wildman–Crippen LogP) is 2.07. The van der Waals surface area contributed by atoms with Crippen molar-refractivity contribution in [3.63, 3.8) is 0 Å². The van der Waals surface area contributed by atoms with Crippen molar-refractivity contribution < 1.29 is 28.7 Å². The number of methoxy groups -OCH3 is 1. The zero-order chi connectivity index (χ0) is 20.1. The fourth-order valence-corrected chi connectivity index (χ4v) is 3.75. The van der Waals surface area contributed by atoms with E-state index in [1.54, 1.807) is 24.3 Å². The summed E-state index contributed by atoms with van der Waals surface area (Å²) in [6.45, 7) is -0.229. The molecule has 1 aliphatic carbocycles. The number of urea groups is 1. The van der Waals surface area contributed by atoms with Gasteiger partial charge in [0.25, 0.3) is 5.91 Å². The molecular formula is C20H24N2O6. The van der Waals surface area contributed by atoms with Gasteiger partial charge in [0.1, 0.15) is 11.3 Å². The normalized spacial score (nSPS) is 17.7. The van der Waals surface area contributed by atoms with Crippen LogP contribution in [-0.2, 0) is 14.3 Å². The lowest BCUT2D eigenvalue weighted by atomic mass is 9.98. The molecule has 8 nitrogen and oxygen atoms in total. The van der Waals surface area contributed by atoms with E-state index in [4.69, 9.17) is 9.47 Å². The van der Waals surface area contributed by atoms with E-state index in [-0.39, 0.29) is 37.7 Å². The molecule has 0 bridgehead atoms. The zero-order valence-corrected chi connectivity index (χ0v) is 15.9. The first-order chi connectivity index (χ1) is 13.5. The van der Waals surface area contributed by atoms with E-state index in [0.29, 0.717) is 24.2 Å². The average Bonchev–Trinajstić information content (AvgIpc) is 3.26. The van der Waals surface area contributed by atoms with E-state index in [1.807, 2.05) is 0 Å². The van der Waals surface area contributed by atoms with Gasteiger partial charge >= 0.3 is 12.0 Å². The molecule has 150 valence electrons. The summed E-state index contributed by atoms with van der Waals surface area (Å²) in [7, 11) is 1.46. The highest BCUT2D eigenvalue weighted by Crippen LogP contribution is 2.35. The van der Waals surface area contributed by atoms with Gasteiger partial charge in [-0.3, -0.25) is 19.3 Å². The lowest BCUT2D eigenvalue weighted by Crippen LogP contribution is -2.44. The Kier molecular flexibility index (Phi) is 5.96. The molecule has 1 saturated heterocycles. The van der Waals surface area contributed by atoms with Crippen LogP contribution in [0.4, 0.5) is 4.79 Å². The van der Waals surface area contributed by atoms with Crippen LogP contribution in [0.3, 0.4) is 0 Å². The number of imide groups is 1. The highest BCUT2D eigenvalue weighted by atomic mass is 16.5. The second-order valence-corrected chi connectivity index (χ2v) is 7.06. The van der Waals surface area contributed by atoms with E-state index < -0.39 is 17.5 Å². The number of benzene rings is 1. The third-order valence-corrected chi connectivity index (χ3v) is 5.24. The molecule has 0 atom stereocenters. The second-order valence-electron chi connectivity index (χ2n) is 7.06. The minimum absolute atomic E-state index is 0.0171. The van der Waals surface area contributed by atoms with Crippen LogP contribution in [0.2, 0.25) is 0 Å². The molecule has 1 aromatic rings. The first kappa shape index (κ1) is 19.9. The molecular weight excluding hydrogens is 364 g/mol. The van der Waals surface area contributed by atoms with Crippen molar-refractivity contribution in [2.45, 2.75) is 44.1 Å². The number of Topliss-reactive ketones (excluding diaryl/α,β-unsaturated/α-hetero) is 1. The monoisotopic (exact) mass is 388 g/mol. The third-order valence-electron chi connectivity index (χ3n) is 5.24. The highest BCUT2D eigenvalue weighted by Gasteiger charge is 2.52. The van der Waals surface area contributed by atoms with Gasteiger partial charge < -0.3 is 14.8 Å². The maximum absolute atomic E-state index is 12.5. The summed E-state index contributed by atoms with van der Waals surface area (Å²) in [5, 5.41) is 2.80. The molecule has 0 aromatic heterocycles. The molecule has 3 rings (SSSR count). The average molecular weight is 388 g/mol. The Morgan fingerprint density at radius 2 is 1.89 bits per heavy atom. The Morgan fingerprint density at radius 1 is 1.18 bits per heavy atom. The number of ketones is 1. The van der Waals surface area contributed by atoms with Crippen molar-refractivity contribution in [1.82, 2.24) is 10.2 Å². The number of carbonyl (C=O) groups is 4. The number of hydrogen-bond acceptors (Lipinski definition) is 6. The first-order valence-corrected chi connectivity index (χ1v) is 9.43. The van der Waals surface area contributed by atoms with Crippen molar-refractivity contribution in [1.29, 1.82) is 0 Å². The van der Waals surface area contributed by atoms with Crippen LogP contribution < -0.4 is 10.1 Å². The molecule has 2 aliphatic rings. The molecule has 0 radical (unpaired) electrons. The number of nitrogens with one attached hydrogen (secondary N) is 1. The van der Waals surface area contributed by atoms with Gasteiger partial charge in [0, 0.05) is 13.0 Å². The SMILES string of the molecule is COc1ccccc1C(=O)COC(=O)CCCN1C(=O)NC2(CCCC2)C1=O. The molecule has 1 saturated carbocycles. The fraction of sp³-hybridized carbons (Fsp3) is 0.500. The van der Waals surface area contributed by atoms with Crippen LogP contribution in [0.5, 0.6) is 5.75 Å². The smallest absolute Gasteiger partial charge is 0.325 e. The number of rotatable bonds is 8. The zero-order valence-electron chi connectivity index (χ0n) is 15.9. The molecule has 3 amide bonds. The summed E-state index contributed by atoms with van der Waals surface area (Å²) >= 11 is 0. The number of para-hydroxylation sites is 1. The first-order valence-electron chi connectivity index (χ1n) is 9.43. The molecule has 1 aliphatic heterocycles. The maximum Gasteiger partial charge on any atom is 0.325 e. The molecule has 0 unspecified atom stereocenters. The Bertz CT molecular complexity index is 785. The van der Waals surface area contributed by atoms with Crippen LogP contribution in [0.25, 0.3) is 0 Å². The topological polar surface area (TPSA) is 102 Å². The predicted molar refractivity (Wildman–Crippen MR) is 99.0 cm³/mol. The van der Waals surface area contributed by atoms with Gasteiger partial charge in [0.15, 0.2) is 6.61 Å². The van der Waals surface area contributed by atoms with Gasteiger partial charge in [-0.1, -0.05) is 25.0 Å². The number of carbonyl (C=O) groups excluding carboxylic acids is 4. The minimum atomic E-state index is -0.737. The molecule has 1 N–H and O–H groups in total. The standard InChI is InChI=1S/C20H24N2O6/c1-27-16-8-3-2-7-14(16)15(23)13-28-17(24)9-6-12-22-18(25)20(21-19(22)26)10-4-5-11-20/h2-3,7-8H,4-6,9-13H2,1H3,(H,21,26). The van der Waals surface area contributed by atoms with E-state index in [2.05, 4.69) is 5.32 Å². The van der Waals surface area contributed by atoms with E-state index >= 15 is 0 Å². The van der Waals surface area contributed by atoms with Gasteiger partial charge in [-0.05, 0) is 31.4 Å². The van der Waals surface area contributed by atoms with Crippen LogP contribution >= 0.6 is 0 Å². The molecule has 8 heteroatoms. The highest BCUT2D eigenvalue weighted by molar-refractivity contribution is 6.07. The Balaban J connectivity index is 1.43. The van der Waals surface area contributed by atoms with Crippen molar-refractivity contribution in [3.05, 3.63) is 29.8 Å². The lowest BCUT2D eigenvalue weighted by molar-refractivity contribution is -0.143. The Labute approximate surface area is 163 Å². The Hall–Kier alpha value is -2.90. The number of amides is 3. The van der Waals surface area contributed by atoms with Gasteiger partial charge in [0.05, 0.1) is 12.7 Å². The summed E-state index contributed by atoms with van der Waals surface area (Å²) in [4.78, 5) is 49.9. The van der Waals surface area contributed by atoms with Crippen molar-refractivity contribution >= 4 is 23.7 Å². The Morgan fingerprint density at radius 3 is 2.61 bits per heavy atom. The summed E-state index contributed by atoms with van der Waals surface area (Å²) < 4.78 is 10.1.